The summed E-state index contributed by atoms with van der Waals surface area (Å²) in [5.74, 6) is 0.875. The number of nitrogens with zero attached hydrogens (tertiary/aromatic N) is 2. The van der Waals surface area contributed by atoms with Crippen LogP contribution in [0, 0.1) is 0 Å². The third-order valence-electron chi connectivity index (χ3n) is 6.45. The average molecular weight is 498 g/mol. The number of rotatable bonds is 8. The predicted octanol–water partition coefficient (Wildman–Crippen LogP) is 2.79. The molecule has 5 rings (SSSR count). The van der Waals surface area contributed by atoms with E-state index in [0.29, 0.717) is 18.1 Å². The Morgan fingerprint density at radius 2 is 2.12 bits per heavy atom. The summed E-state index contributed by atoms with van der Waals surface area (Å²) in [7, 11) is 0. The second kappa shape index (κ2) is 9.89. The minimum atomic E-state index is -0.299. The Balaban J connectivity index is 1.19. The lowest BCUT2D eigenvalue weighted by Gasteiger charge is -2.23. The summed E-state index contributed by atoms with van der Waals surface area (Å²) in [6, 6.07) is 7.38. The number of primary amides is 1. The van der Waals surface area contributed by atoms with Crippen molar-refractivity contribution in [2.75, 3.05) is 17.6 Å². The van der Waals surface area contributed by atoms with Gasteiger partial charge >= 0.3 is 0 Å². The van der Waals surface area contributed by atoms with Gasteiger partial charge in [-0.2, -0.15) is 0 Å². The SMILES string of the molecule is NC(=O)C1CCCN1Cc1ccccc1NC(=O)CSCc1nc2sc3c(c2c(=O)[nH]1)CCC3. The number of thioether (sulfide) groups is 1. The fraction of sp³-hybridized carbons (Fsp3) is 0.417. The first-order valence-corrected chi connectivity index (χ1v) is 13.5. The van der Waals surface area contributed by atoms with Crippen molar-refractivity contribution in [1.29, 1.82) is 0 Å². The average Bonchev–Trinajstić information content (AvgIpc) is 3.51. The van der Waals surface area contributed by atoms with Crippen molar-refractivity contribution >= 4 is 50.8 Å². The first-order valence-electron chi connectivity index (χ1n) is 11.5. The van der Waals surface area contributed by atoms with Gasteiger partial charge in [0.25, 0.3) is 5.56 Å². The number of hydrogen-bond donors (Lipinski definition) is 3. The first kappa shape index (κ1) is 23.1. The minimum absolute atomic E-state index is 0.0745. The Labute approximate surface area is 205 Å². The number of thiophene rings is 1. The number of likely N-dealkylation sites (tertiary alicyclic amines) is 1. The number of nitrogens with two attached hydrogens (primary N) is 1. The highest BCUT2D eigenvalue weighted by atomic mass is 32.2. The molecule has 178 valence electrons. The molecule has 2 amide bonds. The molecule has 0 saturated carbocycles. The van der Waals surface area contributed by atoms with Gasteiger partial charge in [0, 0.05) is 17.1 Å². The maximum absolute atomic E-state index is 12.6. The Hall–Kier alpha value is -2.69. The lowest BCUT2D eigenvalue weighted by molar-refractivity contribution is -0.122. The summed E-state index contributed by atoms with van der Waals surface area (Å²) < 4.78 is 0. The Kier molecular flexibility index (Phi) is 6.71. The fourth-order valence-electron chi connectivity index (χ4n) is 4.88. The molecule has 3 heterocycles. The molecule has 10 heteroatoms. The number of benzene rings is 1. The molecule has 1 aromatic carbocycles. The van der Waals surface area contributed by atoms with Crippen molar-refractivity contribution in [3.63, 3.8) is 0 Å². The number of anilines is 1. The van der Waals surface area contributed by atoms with Gasteiger partial charge in [-0.3, -0.25) is 19.3 Å². The third-order valence-corrected chi connectivity index (χ3v) is 8.58. The quantitative estimate of drug-likeness (QED) is 0.440. The summed E-state index contributed by atoms with van der Waals surface area (Å²) in [5, 5.41) is 3.74. The summed E-state index contributed by atoms with van der Waals surface area (Å²) in [6.45, 7) is 1.38. The number of nitrogens with one attached hydrogen (secondary N) is 2. The number of amides is 2. The number of aromatic nitrogens is 2. The lowest BCUT2D eigenvalue weighted by Crippen LogP contribution is -2.39. The van der Waals surface area contributed by atoms with Crippen molar-refractivity contribution in [3.8, 4) is 0 Å². The van der Waals surface area contributed by atoms with Crippen LogP contribution in [0.4, 0.5) is 5.69 Å². The van der Waals surface area contributed by atoms with Crippen molar-refractivity contribution in [1.82, 2.24) is 14.9 Å². The highest BCUT2D eigenvalue weighted by molar-refractivity contribution is 7.99. The molecule has 1 fully saturated rings. The number of para-hydroxylation sites is 1. The fourth-order valence-corrected chi connectivity index (χ4v) is 6.85. The van der Waals surface area contributed by atoms with Crippen LogP contribution in [0.1, 0.15) is 41.1 Å². The smallest absolute Gasteiger partial charge is 0.259 e. The van der Waals surface area contributed by atoms with Gasteiger partial charge in [0.05, 0.1) is 22.9 Å². The number of hydrogen-bond acceptors (Lipinski definition) is 7. The molecule has 1 saturated heterocycles. The van der Waals surface area contributed by atoms with E-state index in [1.807, 2.05) is 24.3 Å². The van der Waals surface area contributed by atoms with Crippen LogP contribution in [0.2, 0.25) is 0 Å². The molecule has 0 spiro atoms. The zero-order valence-electron chi connectivity index (χ0n) is 18.8. The van der Waals surface area contributed by atoms with E-state index in [1.165, 1.54) is 22.2 Å². The van der Waals surface area contributed by atoms with Gasteiger partial charge in [0.1, 0.15) is 10.7 Å². The van der Waals surface area contributed by atoms with Crippen LogP contribution in [-0.4, -0.2) is 45.0 Å². The van der Waals surface area contributed by atoms with Crippen LogP contribution in [0.15, 0.2) is 29.1 Å². The van der Waals surface area contributed by atoms with Gasteiger partial charge in [-0.1, -0.05) is 18.2 Å². The predicted molar refractivity (Wildman–Crippen MR) is 136 cm³/mol. The van der Waals surface area contributed by atoms with Crippen molar-refractivity contribution in [2.24, 2.45) is 5.73 Å². The van der Waals surface area contributed by atoms with Crippen molar-refractivity contribution in [2.45, 2.75) is 50.4 Å². The zero-order chi connectivity index (χ0) is 23.7. The molecule has 0 bridgehead atoms. The van der Waals surface area contributed by atoms with E-state index in [4.69, 9.17) is 5.73 Å². The molecule has 8 nitrogen and oxygen atoms in total. The standard InChI is InChI=1S/C24H27N5O3S2/c25-22(31)17-8-4-10-29(17)11-14-5-1-2-7-16(14)26-20(30)13-33-12-19-27-23(32)21-15-6-3-9-18(15)34-24(21)28-19/h1-2,5,7,17H,3-4,6,8-13H2,(H2,25,31)(H,26,30)(H,27,28,32). The van der Waals surface area contributed by atoms with E-state index in [0.717, 1.165) is 60.1 Å². The largest absolute Gasteiger partial charge is 0.368 e. The number of fused-ring (bicyclic) bond motifs is 3. The summed E-state index contributed by atoms with van der Waals surface area (Å²) in [4.78, 5) is 48.6. The molecule has 0 radical (unpaired) electrons. The van der Waals surface area contributed by atoms with E-state index < -0.39 is 0 Å². The van der Waals surface area contributed by atoms with E-state index in [9.17, 15) is 14.4 Å². The van der Waals surface area contributed by atoms with E-state index in [-0.39, 0.29) is 29.2 Å². The van der Waals surface area contributed by atoms with Crippen LogP contribution in [0.5, 0.6) is 0 Å². The third kappa shape index (κ3) is 4.75. The van der Waals surface area contributed by atoms with Gasteiger partial charge in [0.2, 0.25) is 11.8 Å². The number of carbonyl (C=O) groups is 2. The van der Waals surface area contributed by atoms with Gasteiger partial charge < -0.3 is 16.0 Å². The molecule has 34 heavy (non-hydrogen) atoms. The molecule has 2 aromatic heterocycles. The van der Waals surface area contributed by atoms with E-state index >= 15 is 0 Å². The topological polar surface area (TPSA) is 121 Å². The Morgan fingerprint density at radius 1 is 1.26 bits per heavy atom. The highest BCUT2D eigenvalue weighted by Crippen LogP contribution is 2.34. The molecule has 3 aromatic rings. The van der Waals surface area contributed by atoms with Crippen LogP contribution < -0.4 is 16.6 Å². The Morgan fingerprint density at radius 3 is 2.97 bits per heavy atom. The molecule has 1 aliphatic carbocycles. The number of aromatic amines is 1. The summed E-state index contributed by atoms with van der Waals surface area (Å²) >= 11 is 3.03. The molecule has 4 N–H and O–H groups in total. The normalized spacial score (nSPS) is 17.8. The maximum Gasteiger partial charge on any atom is 0.259 e. The van der Waals surface area contributed by atoms with Gasteiger partial charge in [-0.05, 0) is 55.8 Å². The summed E-state index contributed by atoms with van der Waals surface area (Å²) in [6.07, 6.45) is 4.81. The van der Waals surface area contributed by atoms with Gasteiger partial charge in [-0.15, -0.1) is 23.1 Å². The monoisotopic (exact) mass is 497 g/mol. The van der Waals surface area contributed by atoms with Crippen LogP contribution >= 0.6 is 23.1 Å². The number of carbonyl (C=O) groups excluding carboxylic acids is 2. The van der Waals surface area contributed by atoms with Crippen LogP contribution in [-0.2, 0) is 34.7 Å². The Bertz CT molecular complexity index is 1300. The second-order valence-electron chi connectivity index (χ2n) is 8.78. The molecule has 1 atom stereocenters. The molecule has 2 aliphatic rings. The molecule has 1 unspecified atom stereocenters. The van der Waals surface area contributed by atoms with E-state index in [1.54, 1.807) is 11.3 Å². The molecule has 1 aliphatic heterocycles. The van der Waals surface area contributed by atoms with Gasteiger partial charge in [0.15, 0.2) is 0 Å². The minimum Gasteiger partial charge on any atom is -0.368 e. The number of aryl methyl sites for hydroxylation is 2. The number of H-pyrrole nitrogens is 1. The molecular formula is C24H27N5O3S2. The van der Waals surface area contributed by atoms with Gasteiger partial charge in [-0.25, -0.2) is 4.98 Å². The highest BCUT2D eigenvalue weighted by Gasteiger charge is 2.29. The zero-order valence-corrected chi connectivity index (χ0v) is 20.4. The second-order valence-corrected chi connectivity index (χ2v) is 10.8. The van der Waals surface area contributed by atoms with Crippen LogP contribution in [0.3, 0.4) is 0 Å². The van der Waals surface area contributed by atoms with Crippen molar-refractivity contribution < 1.29 is 9.59 Å². The maximum atomic E-state index is 12.6. The summed E-state index contributed by atoms with van der Waals surface area (Å²) in [5.41, 5.74) is 8.33. The van der Waals surface area contributed by atoms with Crippen molar-refractivity contribution in [3.05, 3.63) is 56.4 Å². The van der Waals surface area contributed by atoms with Crippen LogP contribution in [0.25, 0.3) is 10.2 Å². The lowest BCUT2D eigenvalue weighted by atomic mass is 10.1. The van der Waals surface area contributed by atoms with E-state index in [2.05, 4.69) is 20.2 Å². The first-order chi connectivity index (χ1) is 16.5. The molecular weight excluding hydrogens is 470 g/mol.